The Bertz CT molecular complexity index is 450. The molecule has 0 radical (unpaired) electrons. The lowest BCUT2D eigenvalue weighted by atomic mass is 10.1. The Hall–Kier alpha value is -0.580. The minimum absolute atomic E-state index is 0.392. The molecule has 1 saturated heterocycles. The van der Waals surface area contributed by atoms with E-state index in [0.29, 0.717) is 6.04 Å². The van der Waals surface area contributed by atoms with E-state index in [0.717, 1.165) is 26.2 Å². The van der Waals surface area contributed by atoms with E-state index in [1.807, 2.05) is 0 Å². The van der Waals surface area contributed by atoms with Crippen molar-refractivity contribution in [2.45, 2.75) is 32.7 Å². The molecule has 0 saturated carbocycles. The number of nitrogens with one attached hydrogen (secondary N) is 1. The second-order valence-electron chi connectivity index (χ2n) is 6.03. The molecule has 1 fully saturated rings. The molecule has 1 aromatic rings. The van der Waals surface area contributed by atoms with Gasteiger partial charge in [-0.3, -0.25) is 0 Å². The average Bonchev–Trinajstić information content (AvgIpc) is 2.69. The maximum atomic E-state index is 3.76. The fraction of sp³-hybridized carbons (Fsp3) is 0.647. The first-order valence-corrected chi connectivity index (χ1v) is 8.87. The van der Waals surface area contributed by atoms with Gasteiger partial charge in [-0.05, 0) is 57.6 Å². The molecule has 0 aromatic heterocycles. The number of anilines is 1. The third-order valence-corrected chi connectivity index (χ3v) is 4.92. The number of hydrogen-bond donors (Lipinski definition) is 1. The van der Waals surface area contributed by atoms with E-state index in [1.165, 1.54) is 35.1 Å². The van der Waals surface area contributed by atoms with E-state index in [1.54, 1.807) is 0 Å². The van der Waals surface area contributed by atoms with Crippen LogP contribution in [0.2, 0.25) is 0 Å². The van der Waals surface area contributed by atoms with Gasteiger partial charge in [-0.1, -0.05) is 28.9 Å². The second kappa shape index (κ2) is 8.16. The van der Waals surface area contributed by atoms with Crippen LogP contribution >= 0.6 is 15.9 Å². The van der Waals surface area contributed by atoms with Gasteiger partial charge in [0.1, 0.15) is 0 Å². The molecule has 0 amide bonds. The Balaban J connectivity index is 2.07. The van der Waals surface area contributed by atoms with Crippen LogP contribution in [0.3, 0.4) is 0 Å². The Morgan fingerprint density at radius 1 is 1.24 bits per heavy atom. The molecule has 4 heteroatoms. The highest BCUT2D eigenvalue weighted by Crippen LogP contribution is 2.28. The zero-order valence-electron chi connectivity index (χ0n) is 13.5. The maximum absolute atomic E-state index is 3.76. The maximum Gasteiger partial charge on any atom is 0.0378 e. The lowest BCUT2D eigenvalue weighted by molar-refractivity contribution is 0.360. The summed E-state index contributed by atoms with van der Waals surface area (Å²) in [7, 11) is 2.21. The monoisotopic (exact) mass is 353 g/mol. The lowest BCUT2D eigenvalue weighted by Crippen LogP contribution is -2.28. The van der Waals surface area contributed by atoms with E-state index in [2.05, 4.69) is 70.1 Å². The topological polar surface area (TPSA) is 18.5 Å². The molecular weight excluding hydrogens is 326 g/mol. The van der Waals surface area contributed by atoms with Crippen molar-refractivity contribution in [3.63, 3.8) is 0 Å². The van der Waals surface area contributed by atoms with Gasteiger partial charge in [-0.15, -0.1) is 0 Å². The van der Waals surface area contributed by atoms with Crippen LogP contribution in [0.15, 0.2) is 22.7 Å². The Labute approximate surface area is 137 Å². The summed E-state index contributed by atoms with van der Waals surface area (Å²) in [6, 6.07) is 7.21. The molecule has 1 aliphatic rings. The molecule has 118 valence electrons. The molecule has 1 heterocycles. The molecule has 1 unspecified atom stereocenters. The highest BCUT2D eigenvalue weighted by Gasteiger charge is 2.15. The Morgan fingerprint density at radius 2 is 2.05 bits per heavy atom. The Kier molecular flexibility index (Phi) is 6.52. The molecule has 0 aliphatic carbocycles. The Morgan fingerprint density at radius 3 is 2.76 bits per heavy atom. The van der Waals surface area contributed by atoms with Gasteiger partial charge >= 0.3 is 0 Å². The number of likely N-dealkylation sites (N-methyl/N-ethyl adjacent to an activating group) is 1. The van der Waals surface area contributed by atoms with Crippen molar-refractivity contribution in [2.24, 2.45) is 0 Å². The largest absolute Gasteiger partial charge is 0.370 e. The van der Waals surface area contributed by atoms with E-state index in [4.69, 9.17) is 0 Å². The summed E-state index contributed by atoms with van der Waals surface area (Å²) in [4.78, 5) is 4.92. The van der Waals surface area contributed by atoms with Crippen LogP contribution in [-0.4, -0.2) is 44.7 Å². The van der Waals surface area contributed by atoms with Crippen LogP contribution in [0.4, 0.5) is 5.69 Å². The third kappa shape index (κ3) is 4.70. The van der Waals surface area contributed by atoms with E-state index >= 15 is 0 Å². The summed E-state index contributed by atoms with van der Waals surface area (Å²) in [6.45, 7) is 10.1. The molecule has 1 atom stereocenters. The normalized spacial score (nSPS) is 18.6. The first-order valence-electron chi connectivity index (χ1n) is 8.08. The quantitative estimate of drug-likeness (QED) is 0.871. The summed E-state index contributed by atoms with van der Waals surface area (Å²) in [5.41, 5.74) is 2.68. The van der Waals surface area contributed by atoms with Crippen LogP contribution in [0, 0.1) is 0 Å². The molecular formula is C17H28BrN3. The van der Waals surface area contributed by atoms with Gasteiger partial charge in [0.25, 0.3) is 0 Å². The zero-order chi connectivity index (χ0) is 15.2. The van der Waals surface area contributed by atoms with Crippen molar-refractivity contribution in [1.82, 2.24) is 10.2 Å². The van der Waals surface area contributed by atoms with Crippen molar-refractivity contribution in [2.75, 3.05) is 44.7 Å². The van der Waals surface area contributed by atoms with Gasteiger partial charge in [0.05, 0.1) is 0 Å². The molecule has 21 heavy (non-hydrogen) atoms. The van der Waals surface area contributed by atoms with Crippen LogP contribution in [0.5, 0.6) is 0 Å². The van der Waals surface area contributed by atoms with Gasteiger partial charge in [-0.2, -0.15) is 0 Å². The highest BCUT2D eigenvalue weighted by atomic mass is 79.9. The molecule has 3 nitrogen and oxygen atoms in total. The molecule has 2 rings (SSSR count). The molecule has 1 aromatic carbocycles. The fourth-order valence-corrected chi connectivity index (χ4v) is 3.55. The summed E-state index contributed by atoms with van der Waals surface area (Å²) in [6.07, 6.45) is 2.41. The lowest BCUT2D eigenvalue weighted by Gasteiger charge is -2.24. The minimum atomic E-state index is 0.392. The second-order valence-corrected chi connectivity index (χ2v) is 6.88. The predicted molar refractivity (Wildman–Crippen MR) is 95.2 cm³/mol. The predicted octanol–water partition coefficient (Wildman–Crippen LogP) is 3.65. The van der Waals surface area contributed by atoms with Gasteiger partial charge in [0.15, 0.2) is 0 Å². The van der Waals surface area contributed by atoms with Crippen molar-refractivity contribution in [3.8, 4) is 0 Å². The summed E-state index contributed by atoms with van der Waals surface area (Å²) >= 11 is 3.76. The minimum Gasteiger partial charge on any atom is -0.370 e. The van der Waals surface area contributed by atoms with Gasteiger partial charge in [-0.25, -0.2) is 0 Å². The molecule has 0 spiro atoms. The first-order chi connectivity index (χ1) is 10.1. The van der Waals surface area contributed by atoms with Crippen molar-refractivity contribution in [1.29, 1.82) is 0 Å². The van der Waals surface area contributed by atoms with Crippen LogP contribution in [0.1, 0.15) is 38.3 Å². The van der Waals surface area contributed by atoms with Crippen molar-refractivity contribution in [3.05, 3.63) is 28.2 Å². The van der Waals surface area contributed by atoms with Crippen LogP contribution in [-0.2, 0) is 0 Å². The van der Waals surface area contributed by atoms with Crippen LogP contribution < -0.4 is 10.2 Å². The number of rotatable bonds is 5. The van der Waals surface area contributed by atoms with Crippen molar-refractivity contribution < 1.29 is 0 Å². The molecule has 1 aliphatic heterocycles. The van der Waals surface area contributed by atoms with Crippen LogP contribution in [0.25, 0.3) is 0 Å². The van der Waals surface area contributed by atoms with E-state index in [9.17, 15) is 0 Å². The van der Waals surface area contributed by atoms with Gasteiger partial charge < -0.3 is 15.1 Å². The smallest absolute Gasteiger partial charge is 0.0378 e. The first kappa shape index (κ1) is 16.8. The summed E-state index contributed by atoms with van der Waals surface area (Å²) < 4.78 is 1.22. The van der Waals surface area contributed by atoms with Crippen molar-refractivity contribution >= 4 is 21.6 Å². The number of halogens is 1. The molecule has 1 N–H and O–H groups in total. The van der Waals surface area contributed by atoms with E-state index < -0.39 is 0 Å². The average molecular weight is 354 g/mol. The number of benzene rings is 1. The highest BCUT2D eigenvalue weighted by molar-refractivity contribution is 9.10. The van der Waals surface area contributed by atoms with Gasteiger partial charge in [0.2, 0.25) is 0 Å². The van der Waals surface area contributed by atoms with Gasteiger partial charge in [0, 0.05) is 35.8 Å². The standard InChI is InChI=1S/C17H28BrN3/c1-4-8-19-14(2)16-7-6-15(13-17(16)18)21-10-5-9-20(3)11-12-21/h6-7,13-14,19H,4-5,8-12H2,1-3H3. The zero-order valence-corrected chi connectivity index (χ0v) is 15.1. The van der Waals surface area contributed by atoms with E-state index in [-0.39, 0.29) is 0 Å². The summed E-state index contributed by atoms with van der Waals surface area (Å²) in [5, 5.41) is 3.55. The summed E-state index contributed by atoms with van der Waals surface area (Å²) in [5.74, 6) is 0. The molecule has 0 bridgehead atoms. The third-order valence-electron chi connectivity index (χ3n) is 4.24. The SMILES string of the molecule is CCCNC(C)c1ccc(N2CCCN(C)CC2)cc1Br. The fourth-order valence-electron chi connectivity index (χ4n) is 2.84. The number of hydrogen-bond acceptors (Lipinski definition) is 3. The number of nitrogens with zero attached hydrogens (tertiary/aromatic N) is 2.